The Labute approximate surface area is 198 Å². The average Bonchev–Trinajstić information content (AvgIpc) is 2.84. The van der Waals surface area contributed by atoms with E-state index in [0.29, 0.717) is 11.3 Å². The van der Waals surface area contributed by atoms with E-state index in [-0.39, 0.29) is 11.4 Å². The van der Waals surface area contributed by atoms with Crippen LogP contribution in [0.3, 0.4) is 0 Å². The van der Waals surface area contributed by atoms with Crippen molar-refractivity contribution in [2.75, 3.05) is 5.32 Å². The fraction of sp³-hybridized carbons (Fsp3) is 0.185. The van der Waals surface area contributed by atoms with Crippen molar-refractivity contribution >= 4 is 29.3 Å². The van der Waals surface area contributed by atoms with Crippen LogP contribution in [0.4, 0.5) is 11.4 Å². The fourth-order valence-electron chi connectivity index (χ4n) is 3.25. The summed E-state index contributed by atoms with van der Waals surface area (Å²) in [4.78, 5) is 36.3. The predicted octanol–water partition coefficient (Wildman–Crippen LogP) is 5.66. The molecule has 3 aromatic carbocycles. The zero-order valence-electron chi connectivity index (χ0n) is 19.2. The Morgan fingerprint density at radius 3 is 2.18 bits per heavy atom. The molecule has 2 N–H and O–H groups in total. The van der Waals surface area contributed by atoms with E-state index in [9.17, 15) is 19.7 Å². The maximum atomic E-state index is 13.0. The molecule has 174 valence electrons. The highest BCUT2D eigenvalue weighted by atomic mass is 16.6. The molecule has 0 fully saturated rings. The quantitative estimate of drug-likeness (QED) is 0.246. The second kappa shape index (κ2) is 11.6. The Balaban J connectivity index is 1.81. The Bertz CT molecular complexity index is 1180. The number of rotatable bonds is 9. The molecule has 2 amide bonds. The van der Waals surface area contributed by atoms with Crippen LogP contribution < -0.4 is 10.6 Å². The molecule has 7 nitrogen and oxygen atoms in total. The molecule has 0 unspecified atom stereocenters. The molecule has 0 bridgehead atoms. The Morgan fingerprint density at radius 2 is 1.59 bits per heavy atom. The van der Waals surface area contributed by atoms with E-state index < -0.39 is 16.7 Å². The lowest BCUT2D eigenvalue weighted by Crippen LogP contribution is -2.30. The summed E-state index contributed by atoms with van der Waals surface area (Å²) in [5.74, 6) is -0.943. The summed E-state index contributed by atoms with van der Waals surface area (Å²) in [6.45, 7) is 4.09. The predicted molar refractivity (Wildman–Crippen MR) is 133 cm³/mol. The number of hydrogen-bond donors (Lipinski definition) is 2. The number of carbonyl (C=O) groups is 2. The van der Waals surface area contributed by atoms with Crippen molar-refractivity contribution < 1.29 is 14.5 Å². The van der Waals surface area contributed by atoms with Crippen LogP contribution >= 0.6 is 0 Å². The highest BCUT2D eigenvalue weighted by molar-refractivity contribution is 6.10. The van der Waals surface area contributed by atoms with Gasteiger partial charge in [0.2, 0.25) is 0 Å². The third kappa shape index (κ3) is 6.87. The largest absolute Gasteiger partial charge is 0.321 e. The number of amides is 2. The Hall–Kier alpha value is -4.26. The van der Waals surface area contributed by atoms with Crippen LogP contribution in [0.25, 0.3) is 6.08 Å². The van der Waals surface area contributed by atoms with Gasteiger partial charge in [-0.05, 0) is 61.2 Å². The first-order valence-corrected chi connectivity index (χ1v) is 11.1. The SMILES string of the molecule is CCCCc1ccc(C(=O)NC(=Cc2ccc(C)cc2)C(=O)Nc2ccc([N+](=O)[O-])cc2)cc1. The van der Waals surface area contributed by atoms with Crippen molar-refractivity contribution in [2.45, 2.75) is 33.1 Å². The molecule has 0 aliphatic rings. The fourth-order valence-corrected chi connectivity index (χ4v) is 3.25. The lowest BCUT2D eigenvalue weighted by Gasteiger charge is -2.12. The highest BCUT2D eigenvalue weighted by Gasteiger charge is 2.16. The molecule has 0 aliphatic carbocycles. The maximum Gasteiger partial charge on any atom is 0.272 e. The molecule has 0 aromatic heterocycles. The first-order valence-electron chi connectivity index (χ1n) is 11.1. The van der Waals surface area contributed by atoms with Crippen LogP contribution in [-0.4, -0.2) is 16.7 Å². The summed E-state index contributed by atoms with van der Waals surface area (Å²) < 4.78 is 0. The molecule has 3 aromatic rings. The average molecular weight is 458 g/mol. The van der Waals surface area contributed by atoms with Gasteiger partial charge in [0.25, 0.3) is 17.5 Å². The van der Waals surface area contributed by atoms with Crippen LogP contribution in [0, 0.1) is 17.0 Å². The first-order chi connectivity index (χ1) is 16.4. The number of carbonyl (C=O) groups excluding carboxylic acids is 2. The molecule has 0 spiro atoms. The van der Waals surface area contributed by atoms with E-state index in [1.807, 2.05) is 43.3 Å². The van der Waals surface area contributed by atoms with Crippen molar-refractivity contribution in [1.82, 2.24) is 5.32 Å². The lowest BCUT2D eigenvalue weighted by molar-refractivity contribution is -0.384. The second-order valence-corrected chi connectivity index (χ2v) is 7.98. The Kier molecular flexibility index (Phi) is 8.29. The van der Waals surface area contributed by atoms with Crippen molar-refractivity contribution in [1.29, 1.82) is 0 Å². The number of anilines is 1. The van der Waals surface area contributed by atoms with Gasteiger partial charge >= 0.3 is 0 Å². The van der Waals surface area contributed by atoms with E-state index in [1.54, 1.807) is 18.2 Å². The molecule has 0 atom stereocenters. The smallest absolute Gasteiger partial charge is 0.272 e. The topological polar surface area (TPSA) is 101 Å². The van der Waals surface area contributed by atoms with Crippen LogP contribution in [-0.2, 0) is 11.2 Å². The third-order valence-corrected chi connectivity index (χ3v) is 5.25. The molecule has 0 heterocycles. The molecule has 34 heavy (non-hydrogen) atoms. The van der Waals surface area contributed by atoms with E-state index in [1.165, 1.54) is 24.3 Å². The number of nitrogens with zero attached hydrogens (tertiary/aromatic N) is 1. The van der Waals surface area contributed by atoms with E-state index in [2.05, 4.69) is 17.6 Å². The number of non-ortho nitro benzene ring substituents is 1. The van der Waals surface area contributed by atoms with Gasteiger partial charge in [-0.15, -0.1) is 0 Å². The molecular formula is C27H27N3O4. The van der Waals surface area contributed by atoms with Crippen LogP contribution in [0.5, 0.6) is 0 Å². The zero-order chi connectivity index (χ0) is 24.5. The minimum Gasteiger partial charge on any atom is -0.321 e. The van der Waals surface area contributed by atoms with Gasteiger partial charge in [-0.2, -0.15) is 0 Å². The maximum absolute atomic E-state index is 13.0. The molecule has 3 rings (SSSR count). The van der Waals surface area contributed by atoms with Crippen molar-refractivity contribution in [3.05, 3.63) is 111 Å². The monoisotopic (exact) mass is 457 g/mol. The van der Waals surface area contributed by atoms with Crippen molar-refractivity contribution in [3.63, 3.8) is 0 Å². The van der Waals surface area contributed by atoms with Crippen molar-refractivity contribution in [2.24, 2.45) is 0 Å². The van der Waals surface area contributed by atoms with Gasteiger partial charge in [-0.1, -0.05) is 55.3 Å². The summed E-state index contributed by atoms with van der Waals surface area (Å²) in [5.41, 5.74) is 3.77. The summed E-state index contributed by atoms with van der Waals surface area (Å²) >= 11 is 0. The second-order valence-electron chi connectivity index (χ2n) is 7.98. The number of hydrogen-bond acceptors (Lipinski definition) is 4. The summed E-state index contributed by atoms with van der Waals surface area (Å²) in [6.07, 6.45) is 4.72. The number of nitro benzene ring substituents is 1. The molecule has 7 heteroatoms. The third-order valence-electron chi connectivity index (χ3n) is 5.25. The molecule has 0 radical (unpaired) electrons. The standard InChI is InChI=1S/C27H27N3O4/c1-3-4-5-20-10-12-22(13-11-20)26(31)29-25(18-21-8-6-19(2)7-9-21)27(32)28-23-14-16-24(17-15-23)30(33)34/h6-18H,3-5H2,1-2H3,(H,28,32)(H,29,31). The molecule has 0 saturated heterocycles. The van der Waals surface area contributed by atoms with Crippen LogP contribution in [0.2, 0.25) is 0 Å². The zero-order valence-corrected chi connectivity index (χ0v) is 19.2. The van der Waals surface area contributed by atoms with Crippen LogP contribution in [0.15, 0.2) is 78.5 Å². The van der Waals surface area contributed by atoms with Gasteiger partial charge in [0.1, 0.15) is 5.70 Å². The lowest BCUT2D eigenvalue weighted by atomic mass is 10.1. The minimum absolute atomic E-state index is 0.0577. The summed E-state index contributed by atoms with van der Waals surface area (Å²) in [5, 5.41) is 16.3. The van der Waals surface area contributed by atoms with Gasteiger partial charge in [0, 0.05) is 23.4 Å². The summed E-state index contributed by atoms with van der Waals surface area (Å²) in [7, 11) is 0. The minimum atomic E-state index is -0.539. The van der Waals surface area contributed by atoms with Gasteiger partial charge in [-0.25, -0.2) is 0 Å². The number of nitrogens with one attached hydrogen (secondary N) is 2. The first kappa shape index (κ1) is 24.4. The number of aryl methyl sites for hydroxylation is 2. The van der Waals surface area contributed by atoms with Gasteiger partial charge < -0.3 is 10.6 Å². The number of unbranched alkanes of at least 4 members (excludes halogenated alkanes) is 1. The number of benzene rings is 3. The van der Waals surface area contributed by atoms with Gasteiger partial charge in [0.15, 0.2) is 0 Å². The molecule has 0 aliphatic heterocycles. The Morgan fingerprint density at radius 1 is 0.941 bits per heavy atom. The van der Waals surface area contributed by atoms with Gasteiger partial charge in [0.05, 0.1) is 4.92 Å². The summed E-state index contributed by atoms with van der Waals surface area (Å²) in [6, 6.07) is 20.4. The molecule has 0 saturated carbocycles. The highest BCUT2D eigenvalue weighted by Crippen LogP contribution is 2.17. The number of nitro groups is 1. The van der Waals surface area contributed by atoms with E-state index >= 15 is 0 Å². The van der Waals surface area contributed by atoms with Crippen LogP contribution in [0.1, 0.15) is 46.8 Å². The van der Waals surface area contributed by atoms with E-state index in [0.717, 1.165) is 36.0 Å². The van der Waals surface area contributed by atoms with Crippen molar-refractivity contribution in [3.8, 4) is 0 Å². The normalized spacial score (nSPS) is 11.1. The molecular weight excluding hydrogens is 430 g/mol. The van der Waals surface area contributed by atoms with E-state index in [4.69, 9.17) is 0 Å². The van der Waals surface area contributed by atoms with Gasteiger partial charge in [-0.3, -0.25) is 19.7 Å².